The zero-order valence-corrected chi connectivity index (χ0v) is 20.5. The van der Waals surface area contributed by atoms with E-state index in [1.54, 1.807) is 0 Å². The molecule has 1 amide bonds. The van der Waals surface area contributed by atoms with Crippen molar-refractivity contribution in [2.75, 3.05) is 39.5 Å². The van der Waals surface area contributed by atoms with Crippen LogP contribution < -0.4 is 10.5 Å². The molecular weight excluding hydrogens is 444 g/mol. The van der Waals surface area contributed by atoms with Gasteiger partial charge in [-0.15, -0.1) is 12.8 Å². The molecular formula is C28H38N2O5. The summed E-state index contributed by atoms with van der Waals surface area (Å²) in [7, 11) is 0. The molecule has 1 aromatic carbocycles. The molecule has 2 fully saturated rings. The predicted octanol–water partition coefficient (Wildman–Crippen LogP) is 4.01. The maximum absolute atomic E-state index is 10.3. The zero-order chi connectivity index (χ0) is 25.7. The molecule has 2 N–H and O–H groups in total. The number of nitrogens with two attached hydrogens (primary N) is 1. The SMILES string of the molecule is C#C.C1=C(CCCN2CCCC2)C=C2OCCOC2=CC1.C=O.NC(=O)CCOc1ccccc1. The fraction of sp³-hybridized carbons (Fsp3) is 0.429. The van der Waals surface area contributed by atoms with Gasteiger partial charge in [0.1, 0.15) is 25.8 Å². The summed E-state index contributed by atoms with van der Waals surface area (Å²) in [6.07, 6.45) is 21.0. The number of likely N-dealkylation sites (tertiary alicyclic amines) is 1. The highest BCUT2D eigenvalue weighted by Gasteiger charge is 2.16. The summed E-state index contributed by atoms with van der Waals surface area (Å²) in [6, 6.07) is 9.32. The second kappa shape index (κ2) is 18.9. The lowest BCUT2D eigenvalue weighted by atomic mass is 10.1. The van der Waals surface area contributed by atoms with Crippen molar-refractivity contribution in [3.8, 4) is 18.6 Å². The molecule has 0 aromatic heterocycles. The highest BCUT2D eigenvalue weighted by molar-refractivity contribution is 5.73. The molecule has 7 heteroatoms. The summed E-state index contributed by atoms with van der Waals surface area (Å²) >= 11 is 0. The van der Waals surface area contributed by atoms with E-state index in [2.05, 4.69) is 36.0 Å². The van der Waals surface area contributed by atoms with Crippen LogP contribution in [0, 0.1) is 12.8 Å². The third-order valence-electron chi connectivity index (χ3n) is 5.34. The lowest BCUT2D eigenvalue weighted by Gasteiger charge is -2.20. The van der Waals surface area contributed by atoms with Crippen molar-refractivity contribution < 1.29 is 23.8 Å². The predicted molar refractivity (Wildman–Crippen MR) is 138 cm³/mol. The Balaban J connectivity index is 0.000000332. The van der Waals surface area contributed by atoms with Crippen LogP contribution in [0.2, 0.25) is 0 Å². The van der Waals surface area contributed by atoms with Crippen LogP contribution in [0.15, 0.2) is 65.7 Å². The van der Waals surface area contributed by atoms with E-state index in [9.17, 15) is 4.79 Å². The highest BCUT2D eigenvalue weighted by Crippen LogP contribution is 2.25. The molecule has 0 spiro atoms. The van der Waals surface area contributed by atoms with Gasteiger partial charge in [0, 0.05) is 0 Å². The minimum Gasteiger partial charge on any atom is -0.493 e. The van der Waals surface area contributed by atoms with Gasteiger partial charge >= 0.3 is 0 Å². The molecule has 4 rings (SSSR count). The summed E-state index contributed by atoms with van der Waals surface area (Å²) in [5.74, 6) is 2.28. The van der Waals surface area contributed by atoms with Gasteiger partial charge in [-0.2, -0.15) is 0 Å². The number of primary amides is 1. The molecule has 0 bridgehead atoms. The quantitative estimate of drug-likeness (QED) is 0.563. The Hall–Kier alpha value is -3.50. The summed E-state index contributed by atoms with van der Waals surface area (Å²) in [5.41, 5.74) is 6.33. The monoisotopic (exact) mass is 482 g/mol. The van der Waals surface area contributed by atoms with Gasteiger partial charge in [-0.1, -0.05) is 24.3 Å². The van der Waals surface area contributed by atoms with Crippen LogP contribution in [0.3, 0.4) is 0 Å². The largest absolute Gasteiger partial charge is 0.493 e. The number of nitrogens with zero attached hydrogens (tertiary/aromatic N) is 1. The number of allylic oxidation sites excluding steroid dienone is 4. The molecule has 3 aliphatic rings. The molecule has 190 valence electrons. The van der Waals surface area contributed by atoms with Crippen molar-refractivity contribution in [2.24, 2.45) is 5.73 Å². The number of para-hydroxylation sites is 1. The summed E-state index contributed by atoms with van der Waals surface area (Å²) in [5, 5.41) is 0. The summed E-state index contributed by atoms with van der Waals surface area (Å²) in [6.45, 7) is 7.51. The molecule has 1 aliphatic carbocycles. The number of carbonyl (C=O) groups excluding carboxylic acids is 2. The first-order valence-corrected chi connectivity index (χ1v) is 11.9. The number of hydrogen-bond acceptors (Lipinski definition) is 6. The van der Waals surface area contributed by atoms with Gasteiger partial charge in [-0.3, -0.25) is 4.79 Å². The lowest BCUT2D eigenvalue weighted by Crippen LogP contribution is -2.20. The van der Waals surface area contributed by atoms with Crippen molar-refractivity contribution in [1.29, 1.82) is 0 Å². The summed E-state index contributed by atoms with van der Waals surface area (Å²) < 4.78 is 16.5. The number of terminal acetylenes is 1. The molecule has 35 heavy (non-hydrogen) atoms. The van der Waals surface area contributed by atoms with Gasteiger partial charge in [-0.25, -0.2) is 0 Å². The first-order chi connectivity index (χ1) is 17.2. The van der Waals surface area contributed by atoms with Gasteiger partial charge in [0.15, 0.2) is 11.5 Å². The molecule has 0 radical (unpaired) electrons. The smallest absolute Gasteiger partial charge is 0.220 e. The van der Waals surface area contributed by atoms with Crippen LogP contribution in [0.5, 0.6) is 5.75 Å². The minimum atomic E-state index is -0.342. The van der Waals surface area contributed by atoms with Gasteiger partial charge in [0.05, 0.1) is 13.0 Å². The number of ether oxygens (including phenoxy) is 3. The van der Waals surface area contributed by atoms with E-state index in [4.69, 9.17) is 24.7 Å². The number of benzene rings is 1. The molecule has 0 unspecified atom stereocenters. The molecule has 2 heterocycles. The topological polar surface area (TPSA) is 91.1 Å². The number of amides is 1. The maximum atomic E-state index is 10.3. The molecule has 2 saturated heterocycles. The van der Waals surface area contributed by atoms with Crippen molar-refractivity contribution >= 4 is 12.7 Å². The average Bonchev–Trinajstić information content (AvgIpc) is 3.33. The van der Waals surface area contributed by atoms with Crippen molar-refractivity contribution in [3.63, 3.8) is 0 Å². The van der Waals surface area contributed by atoms with Gasteiger partial charge < -0.3 is 29.6 Å². The normalized spacial score (nSPS) is 16.1. The second-order valence-corrected chi connectivity index (χ2v) is 7.82. The first kappa shape index (κ1) is 29.5. The van der Waals surface area contributed by atoms with E-state index in [-0.39, 0.29) is 12.3 Å². The second-order valence-electron chi connectivity index (χ2n) is 7.82. The molecule has 7 nitrogen and oxygen atoms in total. The number of rotatable bonds is 8. The number of fused-ring (bicyclic) bond motifs is 1. The zero-order valence-electron chi connectivity index (χ0n) is 20.5. The Morgan fingerprint density at radius 1 is 1.03 bits per heavy atom. The Morgan fingerprint density at radius 2 is 1.69 bits per heavy atom. The van der Waals surface area contributed by atoms with Crippen LogP contribution in [0.1, 0.15) is 38.5 Å². The number of carbonyl (C=O) groups is 2. The summed E-state index contributed by atoms with van der Waals surface area (Å²) in [4.78, 5) is 20.9. The van der Waals surface area contributed by atoms with Crippen LogP contribution in [-0.4, -0.2) is 57.1 Å². The van der Waals surface area contributed by atoms with Gasteiger partial charge in [0.25, 0.3) is 0 Å². The van der Waals surface area contributed by atoms with E-state index in [0.717, 1.165) is 30.1 Å². The van der Waals surface area contributed by atoms with Crippen molar-refractivity contribution in [3.05, 3.63) is 65.7 Å². The van der Waals surface area contributed by atoms with Crippen LogP contribution in [0.4, 0.5) is 0 Å². The minimum absolute atomic E-state index is 0.259. The van der Waals surface area contributed by atoms with E-state index >= 15 is 0 Å². The first-order valence-electron chi connectivity index (χ1n) is 11.9. The lowest BCUT2D eigenvalue weighted by molar-refractivity contribution is -0.118. The van der Waals surface area contributed by atoms with Crippen LogP contribution in [-0.2, 0) is 19.1 Å². The van der Waals surface area contributed by atoms with E-state index in [1.165, 1.54) is 44.5 Å². The van der Waals surface area contributed by atoms with E-state index in [0.29, 0.717) is 19.8 Å². The van der Waals surface area contributed by atoms with Crippen molar-refractivity contribution in [2.45, 2.75) is 38.5 Å². The van der Waals surface area contributed by atoms with Gasteiger partial charge in [0.2, 0.25) is 5.91 Å². The fourth-order valence-corrected chi connectivity index (χ4v) is 3.74. The third kappa shape index (κ3) is 12.5. The third-order valence-corrected chi connectivity index (χ3v) is 5.34. The van der Waals surface area contributed by atoms with Crippen molar-refractivity contribution in [1.82, 2.24) is 4.90 Å². The Bertz CT molecular complexity index is 839. The maximum Gasteiger partial charge on any atom is 0.220 e. The Labute approximate surface area is 209 Å². The Kier molecular flexibility index (Phi) is 15.9. The standard InChI is InChI=1S/C16H23NO2.C9H11NO2.C2H2.CH2O/c1-2-9-17(8-1)10-4-6-14-5-3-7-15-16(13-14)19-12-11-18-15;10-9(11)6-7-12-8-4-2-1-3-5-8;2*1-2/h5,7,13H,1-4,6,8-12H2;1-5H,6-7H2,(H2,10,11);1-2H;1H2. The van der Waals surface area contributed by atoms with Gasteiger partial charge in [-0.05, 0) is 81.6 Å². The Morgan fingerprint density at radius 3 is 2.34 bits per heavy atom. The highest BCUT2D eigenvalue weighted by atomic mass is 16.6. The molecule has 0 atom stereocenters. The average molecular weight is 483 g/mol. The fourth-order valence-electron chi connectivity index (χ4n) is 3.74. The molecule has 2 aliphatic heterocycles. The number of hydrogen-bond donors (Lipinski definition) is 1. The molecule has 0 saturated carbocycles. The molecule has 1 aromatic rings. The van der Waals surface area contributed by atoms with Crippen LogP contribution >= 0.6 is 0 Å². The van der Waals surface area contributed by atoms with E-state index < -0.39 is 0 Å². The van der Waals surface area contributed by atoms with E-state index in [1.807, 2.05) is 37.1 Å². The van der Waals surface area contributed by atoms with Crippen LogP contribution in [0.25, 0.3) is 0 Å².